The maximum Gasteiger partial charge on any atom is 0.118 e. The summed E-state index contributed by atoms with van der Waals surface area (Å²) in [5.74, 6) is 0.928. The Morgan fingerprint density at radius 3 is 2.55 bits per heavy atom. The second kappa shape index (κ2) is 8.28. The number of nitrogens with one attached hydrogen (secondary N) is 1. The van der Waals surface area contributed by atoms with Crippen LogP contribution in [0.15, 0.2) is 24.3 Å². The Morgan fingerprint density at radius 1 is 1.20 bits per heavy atom. The zero-order valence-electron chi connectivity index (χ0n) is 12.9. The van der Waals surface area contributed by atoms with Gasteiger partial charge in [0.25, 0.3) is 0 Å². The standard InChI is InChI=1S/C17H28N2O/c1-19(13-5-12-18-16-6-3-4-7-16)14-15-8-10-17(20-2)11-9-15/h8-11,16,18H,3-7,12-14H2,1-2H3. The molecule has 0 spiro atoms. The lowest BCUT2D eigenvalue weighted by molar-refractivity contribution is 0.316. The van der Waals surface area contributed by atoms with Crippen molar-refractivity contribution in [2.75, 3.05) is 27.2 Å². The monoisotopic (exact) mass is 276 g/mol. The van der Waals surface area contributed by atoms with Crippen LogP contribution in [-0.4, -0.2) is 38.2 Å². The van der Waals surface area contributed by atoms with Crippen molar-refractivity contribution in [1.29, 1.82) is 0 Å². The molecular formula is C17H28N2O. The average Bonchev–Trinajstić information content (AvgIpc) is 2.98. The van der Waals surface area contributed by atoms with Crippen LogP contribution < -0.4 is 10.1 Å². The summed E-state index contributed by atoms with van der Waals surface area (Å²) in [5, 5.41) is 3.67. The minimum Gasteiger partial charge on any atom is -0.497 e. The first-order valence-electron chi connectivity index (χ1n) is 7.83. The summed E-state index contributed by atoms with van der Waals surface area (Å²) in [6.45, 7) is 3.30. The second-order valence-electron chi connectivity index (χ2n) is 5.87. The fourth-order valence-electron chi connectivity index (χ4n) is 2.91. The molecule has 0 aliphatic heterocycles. The van der Waals surface area contributed by atoms with Gasteiger partial charge in [-0.2, -0.15) is 0 Å². The van der Waals surface area contributed by atoms with Gasteiger partial charge >= 0.3 is 0 Å². The summed E-state index contributed by atoms with van der Waals surface area (Å²) in [6.07, 6.45) is 6.80. The first-order chi connectivity index (χ1) is 9.78. The average molecular weight is 276 g/mol. The molecular weight excluding hydrogens is 248 g/mol. The van der Waals surface area contributed by atoms with Gasteiger partial charge in [-0.25, -0.2) is 0 Å². The third-order valence-electron chi connectivity index (χ3n) is 4.12. The van der Waals surface area contributed by atoms with Gasteiger partial charge in [-0.05, 0) is 57.1 Å². The van der Waals surface area contributed by atoms with Crippen molar-refractivity contribution in [3.8, 4) is 5.75 Å². The Morgan fingerprint density at radius 2 is 1.90 bits per heavy atom. The molecule has 3 heteroatoms. The summed E-state index contributed by atoms with van der Waals surface area (Å²) in [5.41, 5.74) is 1.34. The van der Waals surface area contributed by atoms with E-state index in [4.69, 9.17) is 4.74 Å². The SMILES string of the molecule is COc1ccc(CN(C)CCCNC2CCCC2)cc1. The topological polar surface area (TPSA) is 24.5 Å². The van der Waals surface area contributed by atoms with Crippen LogP contribution in [0.2, 0.25) is 0 Å². The molecule has 1 aromatic rings. The quantitative estimate of drug-likeness (QED) is 0.739. The Balaban J connectivity index is 1.60. The van der Waals surface area contributed by atoms with Gasteiger partial charge in [-0.3, -0.25) is 0 Å². The molecule has 1 aliphatic carbocycles. The lowest BCUT2D eigenvalue weighted by Crippen LogP contribution is -2.29. The van der Waals surface area contributed by atoms with Crippen molar-refractivity contribution >= 4 is 0 Å². The molecule has 0 aromatic heterocycles. The zero-order chi connectivity index (χ0) is 14.2. The molecule has 0 atom stereocenters. The third kappa shape index (κ3) is 5.14. The summed E-state index contributed by atoms with van der Waals surface area (Å²) < 4.78 is 5.18. The summed E-state index contributed by atoms with van der Waals surface area (Å²) in [7, 11) is 3.90. The lowest BCUT2D eigenvalue weighted by Gasteiger charge is -2.18. The molecule has 0 amide bonds. The first-order valence-corrected chi connectivity index (χ1v) is 7.83. The molecule has 0 unspecified atom stereocenters. The van der Waals surface area contributed by atoms with Crippen LogP contribution in [0.3, 0.4) is 0 Å². The normalized spacial score (nSPS) is 15.9. The van der Waals surface area contributed by atoms with Crippen molar-refractivity contribution in [3.05, 3.63) is 29.8 Å². The molecule has 20 heavy (non-hydrogen) atoms. The Bertz CT molecular complexity index is 371. The highest BCUT2D eigenvalue weighted by molar-refractivity contribution is 5.26. The molecule has 0 bridgehead atoms. The van der Waals surface area contributed by atoms with E-state index in [1.165, 1.54) is 37.7 Å². The molecule has 0 saturated heterocycles. The van der Waals surface area contributed by atoms with E-state index in [0.29, 0.717) is 0 Å². The van der Waals surface area contributed by atoms with Gasteiger partial charge in [0.1, 0.15) is 5.75 Å². The van der Waals surface area contributed by atoms with E-state index >= 15 is 0 Å². The first kappa shape index (κ1) is 15.3. The number of benzene rings is 1. The summed E-state index contributed by atoms with van der Waals surface area (Å²) in [6, 6.07) is 9.15. The van der Waals surface area contributed by atoms with Gasteiger partial charge in [0.2, 0.25) is 0 Å². The Hall–Kier alpha value is -1.06. The molecule has 1 aromatic carbocycles. The van der Waals surface area contributed by atoms with Crippen LogP contribution in [0.4, 0.5) is 0 Å². The van der Waals surface area contributed by atoms with Crippen molar-refractivity contribution in [2.24, 2.45) is 0 Å². The second-order valence-corrected chi connectivity index (χ2v) is 5.87. The third-order valence-corrected chi connectivity index (χ3v) is 4.12. The minimum atomic E-state index is 0.793. The van der Waals surface area contributed by atoms with Gasteiger partial charge in [0, 0.05) is 12.6 Å². The van der Waals surface area contributed by atoms with E-state index < -0.39 is 0 Å². The molecule has 3 nitrogen and oxygen atoms in total. The minimum absolute atomic E-state index is 0.793. The van der Waals surface area contributed by atoms with Crippen molar-refractivity contribution < 1.29 is 4.74 Å². The number of hydrogen-bond acceptors (Lipinski definition) is 3. The van der Waals surface area contributed by atoms with Gasteiger partial charge in [-0.1, -0.05) is 25.0 Å². The van der Waals surface area contributed by atoms with Crippen LogP contribution in [0.5, 0.6) is 5.75 Å². The Labute approximate surface area is 123 Å². The van der Waals surface area contributed by atoms with E-state index in [1.807, 2.05) is 12.1 Å². The van der Waals surface area contributed by atoms with E-state index in [2.05, 4.69) is 29.4 Å². The largest absolute Gasteiger partial charge is 0.497 e. The van der Waals surface area contributed by atoms with Crippen LogP contribution in [-0.2, 0) is 6.54 Å². The molecule has 0 heterocycles. The van der Waals surface area contributed by atoms with Gasteiger partial charge in [-0.15, -0.1) is 0 Å². The Kier molecular flexibility index (Phi) is 6.34. The van der Waals surface area contributed by atoms with Crippen LogP contribution in [0.25, 0.3) is 0 Å². The van der Waals surface area contributed by atoms with Gasteiger partial charge in [0.05, 0.1) is 7.11 Å². The van der Waals surface area contributed by atoms with Gasteiger partial charge in [0.15, 0.2) is 0 Å². The van der Waals surface area contributed by atoms with E-state index in [-0.39, 0.29) is 0 Å². The fourth-order valence-corrected chi connectivity index (χ4v) is 2.91. The van der Waals surface area contributed by atoms with Crippen molar-refractivity contribution in [3.63, 3.8) is 0 Å². The molecule has 112 valence electrons. The molecule has 0 radical (unpaired) electrons. The van der Waals surface area contributed by atoms with E-state index in [0.717, 1.165) is 31.4 Å². The highest BCUT2D eigenvalue weighted by Gasteiger charge is 2.13. The van der Waals surface area contributed by atoms with Crippen LogP contribution >= 0.6 is 0 Å². The number of methoxy groups -OCH3 is 1. The molecule has 1 N–H and O–H groups in total. The van der Waals surface area contributed by atoms with Gasteiger partial charge < -0.3 is 15.0 Å². The number of hydrogen-bond donors (Lipinski definition) is 1. The fraction of sp³-hybridized carbons (Fsp3) is 0.647. The maximum absolute atomic E-state index is 5.18. The van der Waals surface area contributed by atoms with Crippen molar-refractivity contribution in [1.82, 2.24) is 10.2 Å². The molecule has 1 aliphatic rings. The van der Waals surface area contributed by atoms with Crippen LogP contribution in [0, 0.1) is 0 Å². The summed E-state index contributed by atoms with van der Waals surface area (Å²) in [4.78, 5) is 2.39. The number of nitrogens with zero attached hydrogens (tertiary/aromatic N) is 1. The number of ether oxygens (including phenoxy) is 1. The molecule has 2 rings (SSSR count). The zero-order valence-corrected chi connectivity index (χ0v) is 12.9. The molecule has 1 fully saturated rings. The summed E-state index contributed by atoms with van der Waals surface area (Å²) >= 11 is 0. The predicted molar refractivity (Wildman–Crippen MR) is 84.2 cm³/mol. The predicted octanol–water partition coefficient (Wildman–Crippen LogP) is 3.05. The number of rotatable bonds is 8. The van der Waals surface area contributed by atoms with Crippen LogP contribution in [0.1, 0.15) is 37.7 Å². The maximum atomic E-state index is 5.18. The van der Waals surface area contributed by atoms with E-state index in [9.17, 15) is 0 Å². The highest BCUT2D eigenvalue weighted by Crippen LogP contribution is 2.17. The highest BCUT2D eigenvalue weighted by atomic mass is 16.5. The van der Waals surface area contributed by atoms with E-state index in [1.54, 1.807) is 7.11 Å². The smallest absolute Gasteiger partial charge is 0.118 e. The lowest BCUT2D eigenvalue weighted by atomic mass is 10.2. The molecule has 1 saturated carbocycles. The van der Waals surface area contributed by atoms with Crippen molar-refractivity contribution in [2.45, 2.75) is 44.7 Å².